The number of nitrogens with zero attached hydrogens (tertiary/aromatic N) is 2. The number of halogens is 1. The predicted molar refractivity (Wildman–Crippen MR) is 49.0 cm³/mol. The van der Waals surface area contributed by atoms with Crippen molar-refractivity contribution in [3.8, 4) is 0 Å². The van der Waals surface area contributed by atoms with Crippen molar-refractivity contribution < 1.29 is 0 Å². The Morgan fingerprint density at radius 2 is 2.33 bits per heavy atom. The number of hydrogen-bond donors (Lipinski definition) is 1. The second kappa shape index (κ2) is 2.45. The fourth-order valence-electron chi connectivity index (χ4n) is 1.16. The normalized spacial score (nSPS) is 10.8. The van der Waals surface area contributed by atoms with Crippen molar-refractivity contribution in [3.63, 3.8) is 0 Å². The summed E-state index contributed by atoms with van der Waals surface area (Å²) in [6.07, 6.45) is 3.29. The molecule has 0 aliphatic heterocycles. The molecule has 1 N–H and O–H groups in total. The Morgan fingerprint density at radius 1 is 1.58 bits per heavy atom. The summed E-state index contributed by atoms with van der Waals surface area (Å²) in [6.45, 7) is 0. The lowest BCUT2D eigenvalue weighted by Crippen LogP contribution is -2.11. The molecule has 2 rings (SSSR count). The van der Waals surface area contributed by atoms with Crippen molar-refractivity contribution in [1.29, 1.82) is 0 Å². The van der Waals surface area contributed by atoms with Crippen LogP contribution < -0.4 is 5.69 Å². The van der Waals surface area contributed by atoms with Crippen LogP contribution in [0.3, 0.4) is 0 Å². The fourth-order valence-corrected chi connectivity index (χ4v) is 1.76. The maximum atomic E-state index is 11.1. The zero-order valence-corrected chi connectivity index (χ0v) is 7.92. The van der Waals surface area contributed by atoms with E-state index in [2.05, 4.69) is 25.9 Å². The zero-order chi connectivity index (χ0) is 8.72. The van der Waals surface area contributed by atoms with E-state index in [4.69, 9.17) is 0 Å². The van der Waals surface area contributed by atoms with Gasteiger partial charge in [0.1, 0.15) is 0 Å². The van der Waals surface area contributed by atoms with Crippen LogP contribution >= 0.6 is 15.9 Å². The van der Waals surface area contributed by atoms with Gasteiger partial charge in [-0.1, -0.05) is 0 Å². The van der Waals surface area contributed by atoms with Gasteiger partial charge in [0.15, 0.2) is 0 Å². The topological polar surface area (TPSA) is 50.7 Å². The van der Waals surface area contributed by atoms with Crippen LogP contribution in [-0.4, -0.2) is 14.5 Å². The average Bonchev–Trinajstić information content (AvgIpc) is 2.29. The standard InChI is InChI=1S/C7H6BrN3O/c1-11-6-4(8)2-9-3-5(6)10-7(11)12/h2-3H,1H3,(H,10,12). The number of rotatable bonds is 0. The molecule has 0 fully saturated rings. The summed E-state index contributed by atoms with van der Waals surface area (Å²) in [7, 11) is 1.71. The van der Waals surface area contributed by atoms with Crippen LogP contribution in [0.5, 0.6) is 0 Å². The van der Waals surface area contributed by atoms with Gasteiger partial charge in [0.05, 0.1) is 21.7 Å². The molecule has 0 aliphatic rings. The lowest BCUT2D eigenvalue weighted by Gasteiger charge is -1.94. The number of aromatic nitrogens is 3. The summed E-state index contributed by atoms with van der Waals surface area (Å²) in [5, 5.41) is 0. The molecule has 62 valence electrons. The number of aromatic amines is 1. The third-order valence-electron chi connectivity index (χ3n) is 1.75. The van der Waals surface area contributed by atoms with E-state index in [1.54, 1.807) is 24.0 Å². The maximum absolute atomic E-state index is 11.1. The van der Waals surface area contributed by atoms with Gasteiger partial charge in [-0.05, 0) is 15.9 Å². The van der Waals surface area contributed by atoms with Gasteiger partial charge in [-0.2, -0.15) is 0 Å². The van der Waals surface area contributed by atoms with E-state index in [0.717, 1.165) is 15.5 Å². The van der Waals surface area contributed by atoms with Gasteiger partial charge < -0.3 is 4.98 Å². The molecule has 0 amide bonds. The highest BCUT2D eigenvalue weighted by atomic mass is 79.9. The highest BCUT2D eigenvalue weighted by Crippen LogP contribution is 2.18. The Balaban J connectivity index is 3.07. The second-order valence-corrected chi connectivity index (χ2v) is 3.36. The summed E-state index contributed by atoms with van der Waals surface area (Å²) in [4.78, 5) is 17.8. The number of fused-ring (bicyclic) bond motifs is 1. The molecule has 4 nitrogen and oxygen atoms in total. The molecule has 0 spiro atoms. The van der Waals surface area contributed by atoms with Gasteiger partial charge in [0.2, 0.25) is 0 Å². The van der Waals surface area contributed by atoms with Crippen LogP contribution in [0.15, 0.2) is 21.7 Å². The third kappa shape index (κ3) is 0.896. The molecular formula is C7H6BrN3O. The highest BCUT2D eigenvalue weighted by Gasteiger charge is 2.05. The van der Waals surface area contributed by atoms with Gasteiger partial charge >= 0.3 is 5.69 Å². The van der Waals surface area contributed by atoms with E-state index in [1.807, 2.05) is 0 Å². The van der Waals surface area contributed by atoms with E-state index >= 15 is 0 Å². The van der Waals surface area contributed by atoms with Crippen molar-refractivity contribution in [2.75, 3.05) is 0 Å². The van der Waals surface area contributed by atoms with Crippen molar-refractivity contribution in [2.45, 2.75) is 0 Å². The van der Waals surface area contributed by atoms with E-state index in [-0.39, 0.29) is 5.69 Å². The fraction of sp³-hybridized carbons (Fsp3) is 0.143. The maximum Gasteiger partial charge on any atom is 0.326 e. The molecule has 0 saturated heterocycles. The van der Waals surface area contributed by atoms with Gasteiger partial charge in [-0.3, -0.25) is 9.55 Å². The minimum atomic E-state index is -0.126. The zero-order valence-electron chi connectivity index (χ0n) is 6.34. The number of aryl methyl sites for hydroxylation is 1. The van der Waals surface area contributed by atoms with Crippen LogP contribution in [0.25, 0.3) is 11.0 Å². The van der Waals surface area contributed by atoms with Gasteiger partial charge in [-0.25, -0.2) is 4.79 Å². The van der Waals surface area contributed by atoms with Crippen LogP contribution in [0.4, 0.5) is 0 Å². The number of nitrogens with one attached hydrogen (secondary N) is 1. The van der Waals surface area contributed by atoms with Gasteiger partial charge in [0, 0.05) is 13.2 Å². The average molecular weight is 228 g/mol. The largest absolute Gasteiger partial charge is 0.326 e. The molecule has 0 atom stereocenters. The molecule has 0 saturated carbocycles. The van der Waals surface area contributed by atoms with Crippen LogP contribution in [0.1, 0.15) is 0 Å². The number of imidazole rings is 1. The Morgan fingerprint density at radius 3 is 3.00 bits per heavy atom. The Hall–Kier alpha value is -1.10. The van der Waals surface area contributed by atoms with Crippen molar-refractivity contribution in [1.82, 2.24) is 14.5 Å². The molecule has 2 aromatic heterocycles. The first-order valence-corrected chi connectivity index (χ1v) is 4.17. The smallest absolute Gasteiger partial charge is 0.304 e. The highest BCUT2D eigenvalue weighted by molar-refractivity contribution is 9.10. The molecule has 0 radical (unpaired) electrons. The summed E-state index contributed by atoms with van der Waals surface area (Å²) >= 11 is 3.32. The molecular weight excluding hydrogens is 222 g/mol. The van der Waals surface area contributed by atoms with Crippen LogP contribution in [0, 0.1) is 0 Å². The summed E-state index contributed by atoms with van der Waals surface area (Å²) in [6, 6.07) is 0. The minimum Gasteiger partial charge on any atom is -0.304 e. The van der Waals surface area contributed by atoms with Crippen molar-refractivity contribution in [2.24, 2.45) is 7.05 Å². The summed E-state index contributed by atoms with van der Waals surface area (Å²) in [5.74, 6) is 0. The van der Waals surface area contributed by atoms with E-state index in [9.17, 15) is 4.79 Å². The Labute approximate surface area is 76.4 Å². The van der Waals surface area contributed by atoms with E-state index in [1.165, 1.54) is 0 Å². The first-order chi connectivity index (χ1) is 5.70. The van der Waals surface area contributed by atoms with Crippen molar-refractivity contribution >= 4 is 27.0 Å². The molecule has 2 aromatic rings. The first-order valence-electron chi connectivity index (χ1n) is 3.38. The SMILES string of the molecule is Cn1c(=O)[nH]c2cncc(Br)c21. The number of hydrogen-bond acceptors (Lipinski definition) is 2. The Kier molecular flexibility index (Phi) is 1.54. The van der Waals surface area contributed by atoms with E-state index in [0.29, 0.717) is 0 Å². The monoisotopic (exact) mass is 227 g/mol. The summed E-state index contributed by atoms with van der Waals surface area (Å²) < 4.78 is 2.36. The first kappa shape index (κ1) is 7.54. The molecule has 0 aliphatic carbocycles. The third-order valence-corrected chi connectivity index (χ3v) is 2.33. The number of H-pyrrole nitrogens is 1. The molecule has 0 bridgehead atoms. The van der Waals surface area contributed by atoms with Gasteiger partial charge in [-0.15, -0.1) is 0 Å². The number of pyridine rings is 1. The second-order valence-electron chi connectivity index (χ2n) is 2.51. The molecule has 5 heteroatoms. The minimum absolute atomic E-state index is 0.126. The molecule has 2 heterocycles. The lowest BCUT2D eigenvalue weighted by atomic mass is 10.4. The predicted octanol–water partition coefficient (Wildman–Crippen LogP) is 1.02. The summed E-state index contributed by atoms with van der Waals surface area (Å²) in [5.41, 5.74) is 1.46. The van der Waals surface area contributed by atoms with Crippen LogP contribution in [-0.2, 0) is 7.05 Å². The molecule has 12 heavy (non-hydrogen) atoms. The lowest BCUT2D eigenvalue weighted by molar-refractivity contribution is 0.890. The quantitative estimate of drug-likeness (QED) is 0.731. The van der Waals surface area contributed by atoms with Crippen molar-refractivity contribution in [3.05, 3.63) is 27.4 Å². The molecule has 0 aromatic carbocycles. The molecule has 0 unspecified atom stereocenters. The Bertz CT molecular complexity index is 485. The van der Waals surface area contributed by atoms with Gasteiger partial charge in [0.25, 0.3) is 0 Å². The van der Waals surface area contributed by atoms with Crippen LogP contribution in [0.2, 0.25) is 0 Å². The van der Waals surface area contributed by atoms with E-state index < -0.39 is 0 Å².